The Labute approximate surface area is 138 Å². The molecule has 0 aliphatic carbocycles. The van der Waals surface area contributed by atoms with Crippen LogP contribution in [0.4, 0.5) is 5.95 Å². The summed E-state index contributed by atoms with van der Waals surface area (Å²) < 4.78 is 0. The van der Waals surface area contributed by atoms with Crippen LogP contribution in [0.5, 0.6) is 0 Å². The zero-order valence-corrected chi connectivity index (χ0v) is 13.9. The van der Waals surface area contributed by atoms with Gasteiger partial charge in [-0.15, -0.1) is 0 Å². The molecule has 1 fully saturated rings. The van der Waals surface area contributed by atoms with Crippen LogP contribution in [0.2, 0.25) is 0 Å². The van der Waals surface area contributed by atoms with Gasteiger partial charge < -0.3 is 10.2 Å². The first kappa shape index (κ1) is 15.9. The standard InChI is InChI=1S/C18H25N5/c1-15(21-18-19-8-3-9-20-18)17-6-4-16(5-7-17)14-23-12-10-22(2)11-13-23/h3-9,15H,10-14H2,1-2H3,(H,19,20,21)/t15-/m0/s1. The molecule has 1 atom stereocenters. The Bertz CT molecular complexity index is 591. The summed E-state index contributed by atoms with van der Waals surface area (Å²) in [5.41, 5.74) is 2.63. The number of hydrogen-bond donors (Lipinski definition) is 1. The van der Waals surface area contributed by atoms with Crippen LogP contribution in [0, 0.1) is 0 Å². The molecule has 0 saturated carbocycles. The van der Waals surface area contributed by atoms with Crippen molar-refractivity contribution >= 4 is 5.95 Å². The average Bonchev–Trinajstić information content (AvgIpc) is 2.58. The minimum absolute atomic E-state index is 0.190. The Morgan fingerprint density at radius 2 is 1.70 bits per heavy atom. The summed E-state index contributed by atoms with van der Waals surface area (Å²) in [6.07, 6.45) is 3.50. The van der Waals surface area contributed by atoms with Gasteiger partial charge in [0, 0.05) is 45.1 Å². The number of nitrogens with one attached hydrogen (secondary N) is 1. The van der Waals surface area contributed by atoms with Crippen molar-refractivity contribution in [2.75, 3.05) is 38.5 Å². The number of benzene rings is 1. The maximum atomic E-state index is 4.21. The monoisotopic (exact) mass is 311 g/mol. The van der Waals surface area contributed by atoms with Crippen LogP contribution in [0.25, 0.3) is 0 Å². The molecule has 3 rings (SSSR count). The number of aromatic nitrogens is 2. The highest BCUT2D eigenvalue weighted by atomic mass is 15.2. The van der Waals surface area contributed by atoms with Gasteiger partial charge in [-0.25, -0.2) is 9.97 Å². The predicted octanol–water partition coefficient (Wildman–Crippen LogP) is 2.40. The molecule has 1 aliphatic heterocycles. The van der Waals surface area contributed by atoms with E-state index < -0.39 is 0 Å². The van der Waals surface area contributed by atoms with Gasteiger partial charge in [0.1, 0.15) is 0 Å². The molecule has 2 aromatic rings. The number of anilines is 1. The number of rotatable bonds is 5. The van der Waals surface area contributed by atoms with E-state index in [0.29, 0.717) is 5.95 Å². The first-order valence-electron chi connectivity index (χ1n) is 8.24. The SMILES string of the molecule is C[C@H](Nc1ncccn1)c1ccc(CN2CCN(C)CC2)cc1. The highest BCUT2D eigenvalue weighted by Gasteiger charge is 2.14. The minimum atomic E-state index is 0.190. The van der Waals surface area contributed by atoms with Crippen molar-refractivity contribution in [2.45, 2.75) is 19.5 Å². The molecule has 5 nitrogen and oxygen atoms in total. The van der Waals surface area contributed by atoms with Gasteiger partial charge in [-0.05, 0) is 31.2 Å². The van der Waals surface area contributed by atoms with Crippen molar-refractivity contribution in [3.05, 3.63) is 53.9 Å². The van der Waals surface area contributed by atoms with Crippen LogP contribution < -0.4 is 5.32 Å². The van der Waals surface area contributed by atoms with Crippen LogP contribution in [0.1, 0.15) is 24.1 Å². The Balaban J connectivity index is 1.56. The number of hydrogen-bond acceptors (Lipinski definition) is 5. The van der Waals surface area contributed by atoms with Crippen molar-refractivity contribution in [1.29, 1.82) is 0 Å². The summed E-state index contributed by atoms with van der Waals surface area (Å²) in [6.45, 7) is 7.80. The number of likely N-dealkylation sites (N-methyl/N-ethyl adjacent to an activating group) is 1. The normalized spacial score (nSPS) is 17.8. The van der Waals surface area contributed by atoms with Crippen LogP contribution >= 0.6 is 0 Å². The van der Waals surface area contributed by atoms with E-state index in [4.69, 9.17) is 0 Å². The third-order valence-electron chi connectivity index (χ3n) is 4.39. The van der Waals surface area contributed by atoms with Crippen LogP contribution in [0.15, 0.2) is 42.7 Å². The van der Waals surface area contributed by atoms with Gasteiger partial charge in [0.25, 0.3) is 0 Å². The lowest BCUT2D eigenvalue weighted by atomic mass is 10.1. The van der Waals surface area contributed by atoms with Gasteiger partial charge in [-0.3, -0.25) is 4.90 Å². The summed E-state index contributed by atoms with van der Waals surface area (Å²) >= 11 is 0. The molecule has 0 unspecified atom stereocenters. The van der Waals surface area contributed by atoms with Gasteiger partial charge >= 0.3 is 0 Å². The second kappa shape index (κ2) is 7.53. The van der Waals surface area contributed by atoms with Crippen molar-refractivity contribution in [2.24, 2.45) is 0 Å². The molecule has 1 aromatic heterocycles. The maximum Gasteiger partial charge on any atom is 0.223 e. The fraction of sp³-hybridized carbons (Fsp3) is 0.444. The first-order valence-corrected chi connectivity index (χ1v) is 8.24. The Hall–Kier alpha value is -1.98. The fourth-order valence-electron chi connectivity index (χ4n) is 2.83. The van der Waals surface area contributed by atoms with E-state index in [1.807, 2.05) is 6.07 Å². The molecule has 23 heavy (non-hydrogen) atoms. The first-order chi connectivity index (χ1) is 11.2. The lowest BCUT2D eigenvalue weighted by molar-refractivity contribution is 0.148. The number of nitrogens with zero attached hydrogens (tertiary/aromatic N) is 4. The van der Waals surface area contributed by atoms with Crippen LogP contribution in [0.3, 0.4) is 0 Å². The van der Waals surface area contributed by atoms with Gasteiger partial charge in [0.15, 0.2) is 0 Å². The third-order valence-corrected chi connectivity index (χ3v) is 4.39. The quantitative estimate of drug-likeness (QED) is 0.918. The average molecular weight is 311 g/mol. The zero-order chi connectivity index (χ0) is 16.1. The molecule has 2 heterocycles. The van der Waals surface area contributed by atoms with Crippen LogP contribution in [-0.2, 0) is 6.54 Å². The molecule has 5 heteroatoms. The zero-order valence-electron chi connectivity index (χ0n) is 13.9. The smallest absolute Gasteiger partial charge is 0.223 e. The van der Waals surface area contributed by atoms with Crippen molar-refractivity contribution in [3.8, 4) is 0 Å². The van der Waals surface area contributed by atoms with Crippen molar-refractivity contribution in [1.82, 2.24) is 19.8 Å². The molecule has 1 saturated heterocycles. The molecule has 0 radical (unpaired) electrons. The van der Waals surface area contributed by atoms with E-state index in [1.54, 1.807) is 12.4 Å². The molecular formula is C18H25N5. The van der Waals surface area contributed by atoms with Gasteiger partial charge in [-0.2, -0.15) is 0 Å². The second-order valence-corrected chi connectivity index (χ2v) is 6.26. The maximum absolute atomic E-state index is 4.21. The molecule has 1 N–H and O–H groups in total. The molecule has 0 spiro atoms. The van der Waals surface area contributed by atoms with E-state index >= 15 is 0 Å². The molecule has 1 aromatic carbocycles. The van der Waals surface area contributed by atoms with E-state index in [1.165, 1.54) is 11.1 Å². The van der Waals surface area contributed by atoms with E-state index in [2.05, 4.69) is 63.3 Å². The van der Waals surface area contributed by atoms with E-state index in [0.717, 1.165) is 32.7 Å². The summed E-state index contributed by atoms with van der Waals surface area (Å²) in [7, 11) is 2.19. The molecule has 122 valence electrons. The third kappa shape index (κ3) is 4.50. The van der Waals surface area contributed by atoms with E-state index in [-0.39, 0.29) is 6.04 Å². The molecule has 0 amide bonds. The summed E-state index contributed by atoms with van der Waals surface area (Å²) in [4.78, 5) is 13.3. The largest absolute Gasteiger partial charge is 0.348 e. The Morgan fingerprint density at radius 3 is 2.35 bits per heavy atom. The highest BCUT2D eigenvalue weighted by Crippen LogP contribution is 2.18. The van der Waals surface area contributed by atoms with Crippen molar-refractivity contribution in [3.63, 3.8) is 0 Å². The van der Waals surface area contributed by atoms with Gasteiger partial charge in [-0.1, -0.05) is 24.3 Å². The Morgan fingerprint density at radius 1 is 1.04 bits per heavy atom. The molecule has 0 bridgehead atoms. The predicted molar refractivity (Wildman–Crippen MR) is 93.3 cm³/mol. The van der Waals surface area contributed by atoms with Crippen molar-refractivity contribution < 1.29 is 0 Å². The van der Waals surface area contributed by atoms with Crippen LogP contribution in [-0.4, -0.2) is 53.0 Å². The summed E-state index contributed by atoms with van der Waals surface area (Å²) in [6, 6.07) is 10.9. The topological polar surface area (TPSA) is 44.3 Å². The molecular weight excluding hydrogens is 286 g/mol. The fourth-order valence-corrected chi connectivity index (χ4v) is 2.83. The van der Waals surface area contributed by atoms with Gasteiger partial charge in [0.2, 0.25) is 5.95 Å². The van der Waals surface area contributed by atoms with E-state index in [9.17, 15) is 0 Å². The lowest BCUT2D eigenvalue weighted by Gasteiger charge is -2.32. The summed E-state index contributed by atoms with van der Waals surface area (Å²) in [5, 5.41) is 3.33. The Kier molecular flexibility index (Phi) is 5.20. The second-order valence-electron chi connectivity index (χ2n) is 6.26. The molecule has 1 aliphatic rings. The van der Waals surface area contributed by atoms with Gasteiger partial charge in [0.05, 0.1) is 6.04 Å². The lowest BCUT2D eigenvalue weighted by Crippen LogP contribution is -2.43. The highest BCUT2D eigenvalue weighted by molar-refractivity contribution is 5.32. The summed E-state index contributed by atoms with van der Waals surface area (Å²) in [5.74, 6) is 0.668. The minimum Gasteiger partial charge on any atom is -0.348 e. The number of piperazine rings is 1.